The van der Waals surface area contributed by atoms with E-state index in [-0.39, 0.29) is 0 Å². The standard InChI is InChI=1S/C50H29NO2/c1-2-12-32(13-3-1)51-41-20-10-8-19-38(41)49-42(51)24-27-46-50(49)40-29-31(23-26-45(40)53-46)48-36-17-6-4-15-34(36)47(35-16-5-7-18-37(35)48)30-22-25-44-39(28-30)33-14-9-11-21-43(33)52-44/h1-29H. The number of hydrogen-bond donors (Lipinski definition) is 0. The monoisotopic (exact) mass is 675 g/mol. The SMILES string of the molecule is c1ccc(-n2c3ccccc3c3c4c(ccc32)oc2ccc(-c3c5ccccc5c(-c5ccc6oc7ccccc7c6c5)c5ccccc35)cc24)cc1. The van der Waals surface area contributed by atoms with Crippen LogP contribution in [-0.2, 0) is 0 Å². The maximum Gasteiger partial charge on any atom is 0.136 e. The second-order valence-corrected chi connectivity index (χ2v) is 14.0. The van der Waals surface area contributed by atoms with Gasteiger partial charge < -0.3 is 13.4 Å². The van der Waals surface area contributed by atoms with Crippen LogP contribution in [0.1, 0.15) is 0 Å². The lowest BCUT2D eigenvalue weighted by atomic mass is 9.85. The van der Waals surface area contributed by atoms with Crippen molar-refractivity contribution in [2.24, 2.45) is 0 Å². The van der Waals surface area contributed by atoms with Crippen LogP contribution in [0.15, 0.2) is 185 Å². The minimum Gasteiger partial charge on any atom is -0.456 e. The molecule has 3 nitrogen and oxygen atoms in total. The van der Waals surface area contributed by atoms with Crippen molar-refractivity contribution in [3.05, 3.63) is 176 Å². The summed E-state index contributed by atoms with van der Waals surface area (Å²) >= 11 is 0. The molecule has 12 rings (SSSR count). The molecule has 3 heteroatoms. The Kier molecular flexibility index (Phi) is 5.77. The molecule has 0 bridgehead atoms. The van der Waals surface area contributed by atoms with Gasteiger partial charge in [0, 0.05) is 38.0 Å². The Morgan fingerprint density at radius 2 is 0.792 bits per heavy atom. The summed E-state index contributed by atoms with van der Waals surface area (Å²) in [7, 11) is 0. The lowest BCUT2D eigenvalue weighted by Crippen LogP contribution is -1.92. The first-order valence-electron chi connectivity index (χ1n) is 18.1. The highest BCUT2D eigenvalue weighted by Crippen LogP contribution is 2.47. The Bertz CT molecular complexity index is 3390. The van der Waals surface area contributed by atoms with Gasteiger partial charge in [0.05, 0.1) is 11.0 Å². The fourth-order valence-corrected chi connectivity index (χ4v) is 8.97. The minimum absolute atomic E-state index is 0.888. The Morgan fingerprint density at radius 3 is 1.47 bits per heavy atom. The van der Waals surface area contributed by atoms with E-state index in [0.29, 0.717) is 0 Å². The minimum atomic E-state index is 0.888. The summed E-state index contributed by atoms with van der Waals surface area (Å²) in [5.74, 6) is 0. The van der Waals surface area contributed by atoms with Crippen LogP contribution >= 0.6 is 0 Å². The normalized spacial score (nSPS) is 12.2. The molecular weight excluding hydrogens is 647 g/mol. The molecule has 246 valence electrons. The topological polar surface area (TPSA) is 31.2 Å². The van der Waals surface area contributed by atoms with E-state index in [1.807, 2.05) is 12.1 Å². The van der Waals surface area contributed by atoms with Gasteiger partial charge in [-0.3, -0.25) is 0 Å². The van der Waals surface area contributed by atoms with Gasteiger partial charge in [-0.1, -0.05) is 115 Å². The fraction of sp³-hybridized carbons (Fsp3) is 0. The smallest absolute Gasteiger partial charge is 0.136 e. The second kappa shape index (κ2) is 10.7. The zero-order valence-corrected chi connectivity index (χ0v) is 28.5. The number of hydrogen-bond acceptors (Lipinski definition) is 2. The first kappa shape index (κ1) is 28.6. The molecule has 0 aliphatic heterocycles. The quantitative estimate of drug-likeness (QED) is 0.175. The van der Waals surface area contributed by atoms with Crippen molar-refractivity contribution in [2.45, 2.75) is 0 Å². The number of para-hydroxylation sites is 3. The molecule has 0 fully saturated rings. The molecule has 0 radical (unpaired) electrons. The van der Waals surface area contributed by atoms with E-state index in [1.165, 1.54) is 65.6 Å². The average Bonchev–Trinajstić information content (AvgIpc) is 3.89. The summed E-state index contributed by atoms with van der Waals surface area (Å²) in [5.41, 5.74) is 11.9. The molecule has 0 saturated carbocycles. The number of nitrogens with zero attached hydrogens (tertiary/aromatic N) is 1. The van der Waals surface area contributed by atoms with Crippen LogP contribution in [0.25, 0.3) is 115 Å². The van der Waals surface area contributed by atoms with E-state index in [4.69, 9.17) is 8.83 Å². The molecule has 12 aromatic rings. The van der Waals surface area contributed by atoms with Crippen LogP contribution in [0.3, 0.4) is 0 Å². The third kappa shape index (κ3) is 3.99. The fourth-order valence-electron chi connectivity index (χ4n) is 8.97. The summed E-state index contributed by atoms with van der Waals surface area (Å²) in [6, 6.07) is 63.1. The van der Waals surface area contributed by atoms with Crippen molar-refractivity contribution in [1.29, 1.82) is 0 Å². The second-order valence-electron chi connectivity index (χ2n) is 14.0. The first-order chi connectivity index (χ1) is 26.3. The molecule has 9 aromatic carbocycles. The summed E-state index contributed by atoms with van der Waals surface area (Å²) in [4.78, 5) is 0. The molecule has 0 amide bonds. The molecule has 0 N–H and O–H groups in total. The zero-order valence-electron chi connectivity index (χ0n) is 28.5. The van der Waals surface area contributed by atoms with Crippen molar-refractivity contribution in [2.75, 3.05) is 0 Å². The van der Waals surface area contributed by atoms with Gasteiger partial charge in [-0.25, -0.2) is 0 Å². The van der Waals surface area contributed by atoms with Crippen LogP contribution in [0, 0.1) is 0 Å². The highest BCUT2D eigenvalue weighted by molar-refractivity contribution is 6.28. The Balaban J connectivity index is 1.15. The highest BCUT2D eigenvalue weighted by Gasteiger charge is 2.21. The maximum absolute atomic E-state index is 6.61. The van der Waals surface area contributed by atoms with Gasteiger partial charge >= 0.3 is 0 Å². The van der Waals surface area contributed by atoms with Gasteiger partial charge in [0.15, 0.2) is 0 Å². The first-order valence-corrected chi connectivity index (χ1v) is 18.1. The van der Waals surface area contributed by atoms with E-state index in [9.17, 15) is 0 Å². The summed E-state index contributed by atoms with van der Waals surface area (Å²) in [6.07, 6.45) is 0. The Hall–Kier alpha value is -7.10. The molecule has 0 spiro atoms. The van der Waals surface area contributed by atoms with Crippen LogP contribution in [0.5, 0.6) is 0 Å². The molecule has 3 heterocycles. The summed E-state index contributed by atoms with van der Waals surface area (Å²) < 4.78 is 15.2. The van der Waals surface area contributed by atoms with Gasteiger partial charge in [-0.2, -0.15) is 0 Å². The Labute approximate surface area is 303 Å². The third-order valence-corrected chi connectivity index (χ3v) is 11.2. The summed E-state index contributed by atoms with van der Waals surface area (Å²) in [5, 5.41) is 11.8. The third-order valence-electron chi connectivity index (χ3n) is 11.2. The Morgan fingerprint density at radius 1 is 0.302 bits per heavy atom. The summed E-state index contributed by atoms with van der Waals surface area (Å²) in [6.45, 7) is 0. The lowest BCUT2D eigenvalue weighted by Gasteiger charge is -2.18. The van der Waals surface area contributed by atoms with E-state index in [0.717, 1.165) is 49.6 Å². The van der Waals surface area contributed by atoms with Crippen molar-refractivity contribution in [1.82, 2.24) is 4.57 Å². The maximum atomic E-state index is 6.61. The van der Waals surface area contributed by atoms with Gasteiger partial charge in [-0.05, 0) is 104 Å². The zero-order chi connectivity index (χ0) is 34.6. The van der Waals surface area contributed by atoms with Gasteiger partial charge in [0.2, 0.25) is 0 Å². The van der Waals surface area contributed by atoms with E-state index in [2.05, 4.69) is 168 Å². The molecule has 0 atom stereocenters. The van der Waals surface area contributed by atoms with Gasteiger partial charge in [0.1, 0.15) is 22.3 Å². The van der Waals surface area contributed by atoms with Gasteiger partial charge in [0.25, 0.3) is 0 Å². The number of benzene rings is 9. The lowest BCUT2D eigenvalue weighted by molar-refractivity contribution is 0.668. The van der Waals surface area contributed by atoms with E-state index in [1.54, 1.807) is 0 Å². The predicted molar refractivity (Wildman–Crippen MR) is 221 cm³/mol. The van der Waals surface area contributed by atoms with Crippen LogP contribution < -0.4 is 0 Å². The number of aromatic nitrogens is 1. The number of furan rings is 2. The van der Waals surface area contributed by atoms with Crippen molar-refractivity contribution < 1.29 is 8.83 Å². The van der Waals surface area contributed by atoms with Crippen LogP contribution in [-0.4, -0.2) is 4.57 Å². The number of fused-ring (bicyclic) bond motifs is 12. The molecule has 3 aromatic heterocycles. The van der Waals surface area contributed by atoms with Crippen molar-refractivity contribution in [3.8, 4) is 27.9 Å². The van der Waals surface area contributed by atoms with Crippen LogP contribution in [0.4, 0.5) is 0 Å². The predicted octanol–water partition coefficient (Wildman–Crippen LogP) is 14.2. The van der Waals surface area contributed by atoms with Crippen molar-refractivity contribution in [3.63, 3.8) is 0 Å². The average molecular weight is 676 g/mol. The van der Waals surface area contributed by atoms with Gasteiger partial charge in [-0.15, -0.1) is 0 Å². The molecule has 53 heavy (non-hydrogen) atoms. The molecule has 0 saturated heterocycles. The molecule has 0 aliphatic carbocycles. The molecule has 0 unspecified atom stereocenters. The van der Waals surface area contributed by atoms with Crippen LogP contribution in [0.2, 0.25) is 0 Å². The molecule has 0 aliphatic rings. The van der Waals surface area contributed by atoms with Crippen molar-refractivity contribution >= 4 is 87.2 Å². The number of rotatable bonds is 3. The molecular formula is C50H29NO2. The van der Waals surface area contributed by atoms with E-state index < -0.39 is 0 Å². The van der Waals surface area contributed by atoms with E-state index >= 15 is 0 Å². The highest BCUT2D eigenvalue weighted by atomic mass is 16.3. The largest absolute Gasteiger partial charge is 0.456 e.